The zero-order chi connectivity index (χ0) is 11.1. The molecular formula is C11H20N2O2. The van der Waals surface area contributed by atoms with Crippen LogP contribution in [0.1, 0.15) is 27.2 Å². The van der Waals surface area contributed by atoms with Crippen LogP contribution in [0, 0.1) is 0 Å². The van der Waals surface area contributed by atoms with E-state index in [1.54, 1.807) is 0 Å². The van der Waals surface area contributed by atoms with Crippen LogP contribution in [0.4, 0.5) is 0 Å². The van der Waals surface area contributed by atoms with Gasteiger partial charge in [-0.25, -0.2) is 0 Å². The highest BCUT2D eigenvalue weighted by Crippen LogP contribution is 2.33. The number of nitrogens with zero attached hydrogens (tertiary/aromatic N) is 1. The Labute approximate surface area is 91.0 Å². The number of ether oxygens (including phenoxy) is 1. The molecule has 2 saturated heterocycles. The minimum atomic E-state index is -0.118. The fourth-order valence-electron chi connectivity index (χ4n) is 2.85. The van der Waals surface area contributed by atoms with Crippen LogP contribution in [0.3, 0.4) is 0 Å². The molecule has 1 spiro atoms. The molecule has 1 unspecified atom stereocenters. The van der Waals surface area contributed by atoms with E-state index in [0.717, 1.165) is 19.5 Å². The van der Waals surface area contributed by atoms with Crippen molar-refractivity contribution in [3.8, 4) is 0 Å². The van der Waals surface area contributed by atoms with E-state index in [1.165, 1.54) is 0 Å². The van der Waals surface area contributed by atoms with Crippen molar-refractivity contribution in [1.29, 1.82) is 0 Å². The van der Waals surface area contributed by atoms with Crippen molar-refractivity contribution in [2.24, 2.45) is 0 Å². The number of rotatable bonds is 0. The third kappa shape index (κ3) is 1.76. The maximum Gasteiger partial charge on any atom is 0.249 e. The Morgan fingerprint density at radius 2 is 2.20 bits per heavy atom. The molecule has 0 aromatic rings. The fraction of sp³-hybridized carbons (Fsp3) is 0.909. The topological polar surface area (TPSA) is 41.6 Å². The van der Waals surface area contributed by atoms with Crippen LogP contribution in [-0.2, 0) is 9.53 Å². The fourth-order valence-corrected chi connectivity index (χ4v) is 2.85. The highest BCUT2D eigenvalue weighted by Gasteiger charge is 2.49. The van der Waals surface area contributed by atoms with Gasteiger partial charge < -0.3 is 15.0 Å². The largest absolute Gasteiger partial charge is 0.369 e. The van der Waals surface area contributed by atoms with E-state index in [0.29, 0.717) is 6.61 Å². The Bertz CT molecular complexity index is 264. The lowest BCUT2D eigenvalue weighted by Crippen LogP contribution is -2.66. The Hall–Kier alpha value is -0.610. The van der Waals surface area contributed by atoms with Crippen LogP contribution in [0.2, 0.25) is 0 Å². The smallest absolute Gasteiger partial charge is 0.249 e. The molecule has 0 bridgehead atoms. The van der Waals surface area contributed by atoms with E-state index in [2.05, 4.69) is 26.1 Å². The Morgan fingerprint density at radius 1 is 1.47 bits per heavy atom. The number of amides is 1. The third-order valence-electron chi connectivity index (χ3n) is 3.21. The quantitative estimate of drug-likeness (QED) is 0.631. The Morgan fingerprint density at radius 3 is 2.73 bits per heavy atom. The Kier molecular flexibility index (Phi) is 2.51. The van der Waals surface area contributed by atoms with E-state index in [-0.39, 0.29) is 23.6 Å². The first-order valence-corrected chi connectivity index (χ1v) is 5.57. The summed E-state index contributed by atoms with van der Waals surface area (Å²) in [5.41, 5.74) is -0.222. The van der Waals surface area contributed by atoms with E-state index in [9.17, 15) is 4.79 Å². The van der Waals surface area contributed by atoms with Gasteiger partial charge in [-0.15, -0.1) is 0 Å². The first kappa shape index (κ1) is 10.9. The van der Waals surface area contributed by atoms with Crippen molar-refractivity contribution in [3.63, 3.8) is 0 Å². The average molecular weight is 212 g/mol. The van der Waals surface area contributed by atoms with Crippen LogP contribution in [0.15, 0.2) is 0 Å². The standard InChI is InChI=1S/C11H20N2O2/c1-10(2,3)13-9(14)6-15-8-11(13)4-5-12-7-11/h12H,4-8H2,1-3H3. The van der Waals surface area contributed by atoms with Crippen LogP contribution in [0.25, 0.3) is 0 Å². The van der Waals surface area contributed by atoms with Crippen molar-refractivity contribution in [3.05, 3.63) is 0 Å². The van der Waals surface area contributed by atoms with Crippen molar-refractivity contribution in [1.82, 2.24) is 10.2 Å². The summed E-state index contributed by atoms with van der Waals surface area (Å²) in [5, 5.41) is 3.33. The van der Waals surface area contributed by atoms with Crippen molar-refractivity contribution < 1.29 is 9.53 Å². The molecule has 4 nitrogen and oxygen atoms in total. The van der Waals surface area contributed by atoms with Crippen molar-refractivity contribution in [2.75, 3.05) is 26.3 Å². The molecule has 2 aliphatic heterocycles. The summed E-state index contributed by atoms with van der Waals surface area (Å²) in [5.74, 6) is 0.123. The number of carbonyl (C=O) groups excluding carboxylic acids is 1. The number of carbonyl (C=O) groups is 1. The van der Waals surface area contributed by atoms with Crippen molar-refractivity contribution in [2.45, 2.75) is 38.3 Å². The number of hydrogen-bond acceptors (Lipinski definition) is 3. The molecule has 2 rings (SSSR count). The van der Waals surface area contributed by atoms with Crippen LogP contribution >= 0.6 is 0 Å². The van der Waals surface area contributed by atoms with Gasteiger partial charge in [0.2, 0.25) is 5.91 Å². The van der Waals surface area contributed by atoms with Crippen LogP contribution in [0.5, 0.6) is 0 Å². The molecule has 0 aliphatic carbocycles. The van der Waals surface area contributed by atoms with Gasteiger partial charge in [0, 0.05) is 12.1 Å². The number of hydrogen-bond donors (Lipinski definition) is 1. The summed E-state index contributed by atoms with van der Waals surface area (Å²) in [4.78, 5) is 14.0. The van der Waals surface area contributed by atoms with Gasteiger partial charge in [0.15, 0.2) is 0 Å². The second-order valence-corrected chi connectivity index (χ2v) is 5.54. The lowest BCUT2D eigenvalue weighted by atomic mass is 9.89. The normalized spacial score (nSPS) is 32.7. The van der Waals surface area contributed by atoms with E-state index in [1.807, 2.05) is 4.90 Å². The summed E-state index contributed by atoms with van der Waals surface area (Å²) in [6, 6.07) is 0. The van der Waals surface area contributed by atoms with Gasteiger partial charge >= 0.3 is 0 Å². The first-order valence-electron chi connectivity index (χ1n) is 5.57. The zero-order valence-electron chi connectivity index (χ0n) is 9.80. The first-order chi connectivity index (χ1) is 6.96. The molecule has 0 aromatic carbocycles. The van der Waals surface area contributed by atoms with Crippen LogP contribution < -0.4 is 5.32 Å². The molecule has 86 valence electrons. The Balaban J connectivity index is 2.31. The molecule has 1 atom stereocenters. The van der Waals surface area contributed by atoms with Crippen LogP contribution in [-0.4, -0.2) is 48.2 Å². The van der Waals surface area contributed by atoms with Gasteiger partial charge in [0.05, 0.1) is 12.1 Å². The van der Waals surface area contributed by atoms with Gasteiger partial charge in [0.25, 0.3) is 0 Å². The lowest BCUT2D eigenvalue weighted by molar-refractivity contribution is -0.166. The molecule has 4 heteroatoms. The summed E-state index contributed by atoms with van der Waals surface area (Å²) in [6.07, 6.45) is 0.996. The zero-order valence-corrected chi connectivity index (χ0v) is 9.80. The lowest BCUT2D eigenvalue weighted by Gasteiger charge is -2.51. The SMILES string of the molecule is CC(C)(C)N1C(=O)COCC12CCNC2. The summed E-state index contributed by atoms with van der Waals surface area (Å²) in [6.45, 7) is 9.02. The summed E-state index contributed by atoms with van der Waals surface area (Å²) in [7, 11) is 0. The van der Waals surface area contributed by atoms with E-state index >= 15 is 0 Å². The molecule has 0 radical (unpaired) electrons. The van der Waals surface area contributed by atoms with Gasteiger partial charge in [-0.3, -0.25) is 4.79 Å². The summed E-state index contributed by atoms with van der Waals surface area (Å²) < 4.78 is 5.41. The van der Waals surface area contributed by atoms with E-state index in [4.69, 9.17) is 4.74 Å². The minimum Gasteiger partial charge on any atom is -0.369 e. The molecule has 2 heterocycles. The predicted octanol–water partition coefficient (Wildman–Crippen LogP) is 0.376. The second kappa shape index (κ2) is 3.46. The maximum absolute atomic E-state index is 12.0. The highest BCUT2D eigenvalue weighted by molar-refractivity contribution is 5.80. The highest BCUT2D eigenvalue weighted by atomic mass is 16.5. The monoisotopic (exact) mass is 212 g/mol. The number of nitrogens with one attached hydrogen (secondary N) is 1. The third-order valence-corrected chi connectivity index (χ3v) is 3.21. The molecule has 15 heavy (non-hydrogen) atoms. The van der Waals surface area contributed by atoms with E-state index < -0.39 is 0 Å². The van der Waals surface area contributed by atoms with Gasteiger partial charge in [-0.2, -0.15) is 0 Å². The van der Waals surface area contributed by atoms with Gasteiger partial charge in [-0.1, -0.05) is 0 Å². The van der Waals surface area contributed by atoms with Gasteiger partial charge in [0.1, 0.15) is 6.61 Å². The van der Waals surface area contributed by atoms with Crippen molar-refractivity contribution >= 4 is 5.91 Å². The molecule has 0 saturated carbocycles. The molecular weight excluding hydrogens is 192 g/mol. The minimum absolute atomic E-state index is 0.104. The average Bonchev–Trinajstić information content (AvgIpc) is 2.50. The molecule has 0 aromatic heterocycles. The van der Waals surface area contributed by atoms with Gasteiger partial charge in [-0.05, 0) is 33.7 Å². The summed E-state index contributed by atoms with van der Waals surface area (Å²) >= 11 is 0. The second-order valence-electron chi connectivity index (χ2n) is 5.54. The molecule has 1 amide bonds. The maximum atomic E-state index is 12.0. The molecule has 2 fully saturated rings. The predicted molar refractivity (Wildman–Crippen MR) is 57.6 cm³/mol. The molecule has 1 N–H and O–H groups in total. The number of morpholine rings is 1. The molecule has 2 aliphatic rings.